The SMILES string of the molecule is COc1ccc(Cn2c(C)c(C)c(-c3nc4ccccc4[nH]3)c2NC(=O)c2ccco2)cc1. The van der Waals surface area contributed by atoms with Crippen molar-refractivity contribution in [3.05, 3.63) is 89.5 Å². The Labute approximate surface area is 191 Å². The van der Waals surface area contributed by atoms with Crippen LogP contribution in [0.5, 0.6) is 5.75 Å². The number of H-pyrrole nitrogens is 1. The van der Waals surface area contributed by atoms with Gasteiger partial charge in [-0.2, -0.15) is 0 Å². The molecule has 1 amide bonds. The predicted octanol–water partition coefficient (Wildman–Crippen LogP) is 5.55. The van der Waals surface area contributed by atoms with Crippen molar-refractivity contribution in [2.45, 2.75) is 20.4 Å². The number of nitrogens with zero attached hydrogens (tertiary/aromatic N) is 2. The second-order valence-electron chi connectivity index (χ2n) is 7.90. The number of para-hydroxylation sites is 2. The van der Waals surface area contributed by atoms with Crippen LogP contribution in [0.2, 0.25) is 0 Å². The highest BCUT2D eigenvalue weighted by atomic mass is 16.5. The summed E-state index contributed by atoms with van der Waals surface area (Å²) in [6.07, 6.45) is 1.49. The first-order valence-corrected chi connectivity index (χ1v) is 10.7. The fourth-order valence-electron chi connectivity index (χ4n) is 4.04. The minimum Gasteiger partial charge on any atom is -0.497 e. The molecule has 5 aromatic rings. The Kier molecular flexibility index (Phi) is 5.22. The zero-order valence-corrected chi connectivity index (χ0v) is 18.7. The summed E-state index contributed by atoms with van der Waals surface area (Å²) in [5.74, 6) is 2.11. The molecular formula is C26H24N4O3. The molecule has 33 heavy (non-hydrogen) atoms. The molecule has 0 fully saturated rings. The van der Waals surface area contributed by atoms with Gasteiger partial charge >= 0.3 is 0 Å². The molecule has 166 valence electrons. The molecule has 7 nitrogen and oxygen atoms in total. The van der Waals surface area contributed by atoms with Crippen molar-refractivity contribution < 1.29 is 13.9 Å². The highest BCUT2D eigenvalue weighted by molar-refractivity contribution is 6.04. The van der Waals surface area contributed by atoms with E-state index in [4.69, 9.17) is 14.1 Å². The standard InChI is InChI=1S/C26H24N4O3/c1-16-17(2)30(15-18-10-12-19(32-3)13-11-18)25(29-26(31)22-9-6-14-33-22)23(16)24-27-20-7-4-5-8-21(20)28-24/h4-14H,15H2,1-3H3,(H,27,28)(H,29,31). The first-order valence-electron chi connectivity index (χ1n) is 10.7. The third kappa shape index (κ3) is 3.78. The number of ether oxygens (including phenoxy) is 1. The number of imidazole rings is 1. The van der Waals surface area contributed by atoms with Crippen LogP contribution in [0.3, 0.4) is 0 Å². The number of aromatic amines is 1. The molecule has 0 saturated heterocycles. The predicted molar refractivity (Wildman–Crippen MR) is 128 cm³/mol. The average Bonchev–Trinajstić information content (AvgIpc) is 3.56. The molecule has 0 spiro atoms. The van der Waals surface area contributed by atoms with E-state index in [-0.39, 0.29) is 11.7 Å². The van der Waals surface area contributed by atoms with Crippen molar-refractivity contribution in [3.8, 4) is 17.1 Å². The van der Waals surface area contributed by atoms with Crippen molar-refractivity contribution in [1.82, 2.24) is 14.5 Å². The molecule has 0 aliphatic carbocycles. The number of methoxy groups -OCH3 is 1. The van der Waals surface area contributed by atoms with E-state index >= 15 is 0 Å². The number of carbonyl (C=O) groups excluding carboxylic acids is 1. The van der Waals surface area contributed by atoms with E-state index in [2.05, 4.69) is 14.9 Å². The van der Waals surface area contributed by atoms with Crippen LogP contribution in [-0.4, -0.2) is 27.6 Å². The summed E-state index contributed by atoms with van der Waals surface area (Å²) in [6.45, 7) is 4.67. The number of rotatable bonds is 6. The fourth-order valence-corrected chi connectivity index (χ4v) is 4.04. The third-order valence-corrected chi connectivity index (χ3v) is 5.93. The minimum absolute atomic E-state index is 0.248. The van der Waals surface area contributed by atoms with Crippen LogP contribution in [-0.2, 0) is 6.54 Å². The molecule has 0 bridgehead atoms. The second kappa shape index (κ2) is 8.35. The molecular weight excluding hydrogens is 416 g/mol. The monoisotopic (exact) mass is 440 g/mol. The van der Waals surface area contributed by atoms with Crippen molar-refractivity contribution in [1.29, 1.82) is 0 Å². The van der Waals surface area contributed by atoms with Crippen molar-refractivity contribution in [2.24, 2.45) is 0 Å². The Morgan fingerprint density at radius 3 is 2.58 bits per heavy atom. The lowest BCUT2D eigenvalue weighted by molar-refractivity contribution is 0.0996. The van der Waals surface area contributed by atoms with Crippen LogP contribution in [0.15, 0.2) is 71.3 Å². The Bertz CT molecular complexity index is 1390. The molecule has 5 rings (SSSR count). The topological polar surface area (TPSA) is 85.1 Å². The molecule has 0 aliphatic heterocycles. The smallest absolute Gasteiger partial charge is 0.292 e. The van der Waals surface area contributed by atoms with Crippen LogP contribution in [0.4, 0.5) is 5.82 Å². The average molecular weight is 441 g/mol. The van der Waals surface area contributed by atoms with Gasteiger partial charge in [0.2, 0.25) is 0 Å². The number of amides is 1. The van der Waals surface area contributed by atoms with E-state index in [1.807, 2.05) is 62.4 Å². The van der Waals surface area contributed by atoms with Gasteiger partial charge in [0.25, 0.3) is 5.91 Å². The van der Waals surface area contributed by atoms with E-state index in [0.717, 1.165) is 39.2 Å². The first kappa shape index (κ1) is 20.6. The van der Waals surface area contributed by atoms with Gasteiger partial charge < -0.3 is 24.0 Å². The zero-order valence-electron chi connectivity index (χ0n) is 18.7. The van der Waals surface area contributed by atoms with Gasteiger partial charge in [-0.15, -0.1) is 0 Å². The molecule has 2 aromatic carbocycles. The van der Waals surface area contributed by atoms with Crippen LogP contribution >= 0.6 is 0 Å². The number of fused-ring (bicyclic) bond motifs is 1. The quantitative estimate of drug-likeness (QED) is 0.362. The van der Waals surface area contributed by atoms with Crippen molar-refractivity contribution >= 4 is 22.8 Å². The van der Waals surface area contributed by atoms with E-state index in [9.17, 15) is 4.79 Å². The number of anilines is 1. The first-order chi connectivity index (χ1) is 16.0. The minimum atomic E-state index is -0.314. The maximum Gasteiger partial charge on any atom is 0.292 e. The number of furan rings is 1. The Balaban J connectivity index is 1.63. The molecule has 3 heterocycles. The molecule has 0 unspecified atom stereocenters. The summed E-state index contributed by atoms with van der Waals surface area (Å²) in [6, 6.07) is 19.1. The van der Waals surface area contributed by atoms with E-state index in [1.165, 1.54) is 6.26 Å². The molecule has 3 aromatic heterocycles. The number of hydrogen-bond acceptors (Lipinski definition) is 4. The van der Waals surface area contributed by atoms with E-state index in [0.29, 0.717) is 18.2 Å². The lowest BCUT2D eigenvalue weighted by Crippen LogP contribution is -2.16. The summed E-state index contributed by atoms with van der Waals surface area (Å²) < 4.78 is 12.7. The zero-order chi connectivity index (χ0) is 22.9. The third-order valence-electron chi connectivity index (χ3n) is 5.93. The van der Waals surface area contributed by atoms with Gasteiger partial charge in [-0.3, -0.25) is 4.79 Å². The number of nitrogens with one attached hydrogen (secondary N) is 2. The normalized spacial score (nSPS) is 11.1. The molecule has 0 saturated carbocycles. The molecule has 2 N–H and O–H groups in total. The van der Waals surface area contributed by atoms with Gasteiger partial charge in [-0.05, 0) is 61.4 Å². The Hall–Kier alpha value is -4.26. The highest BCUT2D eigenvalue weighted by Crippen LogP contribution is 2.36. The van der Waals surface area contributed by atoms with Crippen LogP contribution in [0.1, 0.15) is 27.4 Å². The fraction of sp³-hybridized carbons (Fsp3) is 0.154. The van der Waals surface area contributed by atoms with Gasteiger partial charge in [0, 0.05) is 12.2 Å². The Morgan fingerprint density at radius 2 is 1.88 bits per heavy atom. The van der Waals surface area contributed by atoms with Gasteiger partial charge in [-0.25, -0.2) is 4.98 Å². The van der Waals surface area contributed by atoms with Crippen LogP contribution in [0, 0.1) is 13.8 Å². The number of benzene rings is 2. The number of carbonyl (C=O) groups is 1. The number of hydrogen-bond donors (Lipinski definition) is 2. The lowest BCUT2D eigenvalue weighted by atomic mass is 10.1. The van der Waals surface area contributed by atoms with Gasteiger partial charge in [-0.1, -0.05) is 24.3 Å². The van der Waals surface area contributed by atoms with Crippen molar-refractivity contribution in [2.75, 3.05) is 12.4 Å². The summed E-state index contributed by atoms with van der Waals surface area (Å²) in [5, 5.41) is 3.07. The summed E-state index contributed by atoms with van der Waals surface area (Å²) >= 11 is 0. The Morgan fingerprint density at radius 1 is 1.09 bits per heavy atom. The summed E-state index contributed by atoms with van der Waals surface area (Å²) in [4.78, 5) is 21.2. The van der Waals surface area contributed by atoms with Gasteiger partial charge in [0.05, 0.1) is 30.0 Å². The van der Waals surface area contributed by atoms with E-state index < -0.39 is 0 Å². The van der Waals surface area contributed by atoms with Gasteiger partial charge in [0.1, 0.15) is 17.4 Å². The van der Waals surface area contributed by atoms with Gasteiger partial charge in [0.15, 0.2) is 5.76 Å². The second-order valence-corrected chi connectivity index (χ2v) is 7.90. The molecule has 0 atom stereocenters. The molecule has 0 aliphatic rings. The lowest BCUT2D eigenvalue weighted by Gasteiger charge is -2.14. The molecule has 0 radical (unpaired) electrons. The maximum atomic E-state index is 13.0. The van der Waals surface area contributed by atoms with Crippen molar-refractivity contribution in [3.63, 3.8) is 0 Å². The van der Waals surface area contributed by atoms with Crippen LogP contribution < -0.4 is 10.1 Å². The highest BCUT2D eigenvalue weighted by Gasteiger charge is 2.24. The maximum absolute atomic E-state index is 13.0. The van der Waals surface area contributed by atoms with E-state index in [1.54, 1.807) is 19.2 Å². The summed E-state index contributed by atoms with van der Waals surface area (Å²) in [5.41, 5.74) is 5.83. The van der Waals surface area contributed by atoms with Crippen LogP contribution in [0.25, 0.3) is 22.4 Å². The number of aromatic nitrogens is 3. The summed E-state index contributed by atoms with van der Waals surface area (Å²) in [7, 11) is 1.65. The molecule has 7 heteroatoms. The largest absolute Gasteiger partial charge is 0.497 e.